The molecule has 0 spiro atoms. The smallest absolute Gasteiger partial charge is 0.230 e. The SMILES string of the molecule is Cc1cccc(NC(=O)[C@H]2CC(=O)N(c3n[nH]c4ccccc34)C2)n1. The van der Waals surface area contributed by atoms with Crippen LogP contribution >= 0.6 is 0 Å². The summed E-state index contributed by atoms with van der Waals surface area (Å²) in [6, 6.07) is 13.0. The highest BCUT2D eigenvalue weighted by Crippen LogP contribution is 2.30. The zero-order valence-electron chi connectivity index (χ0n) is 13.7. The first kappa shape index (κ1) is 15.3. The lowest BCUT2D eigenvalue weighted by Gasteiger charge is -2.14. The highest BCUT2D eigenvalue weighted by molar-refractivity contribution is 6.06. The topological polar surface area (TPSA) is 91.0 Å². The van der Waals surface area contributed by atoms with Crippen LogP contribution in [0, 0.1) is 12.8 Å². The van der Waals surface area contributed by atoms with Crippen molar-refractivity contribution < 1.29 is 9.59 Å². The van der Waals surface area contributed by atoms with E-state index in [4.69, 9.17) is 0 Å². The van der Waals surface area contributed by atoms with Gasteiger partial charge >= 0.3 is 0 Å². The largest absolute Gasteiger partial charge is 0.310 e. The number of benzene rings is 1. The summed E-state index contributed by atoms with van der Waals surface area (Å²) in [5, 5.41) is 10.8. The molecular weight excluding hydrogens is 318 g/mol. The highest BCUT2D eigenvalue weighted by Gasteiger charge is 2.37. The lowest BCUT2D eigenvalue weighted by atomic mass is 10.1. The maximum atomic E-state index is 12.5. The molecule has 1 aliphatic rings. The van der Waals surface area contributed by atoms with Crippen LogP contribution in [0.2, 0.25) is 0 Å². The minimum absolute atomic E-state index is 0.102. The Balaban J connectivity index is 1.53. The Morgan fingerprint density at radius 3 is 2.92 bits per heavy atom. The predicted octanol–water partition coefficient (Wildman–Crippen LogP) is 2.26. The summed E-state index contributed by atoms with van der Waals surface area (Å²) in [4.78, 5) is 30.7. The monoisotopic (exact) mass is 335 g/mol. The summed E-state index contributed by atoms with van der Waals surface area (Å²) in [6.07, 6.45) is 0.166. The number of carbonyl (C=O) groups is 2. The number of rotatable bonds is 3. The normalized spacial score (nSPS) is 17.2. The third-order valence-electron chi connectivity index (χ3n) is 4.34. The third-order valence-corrected chi connectivity index (χ3v) is 4.34. The van der Waals surface area contributed by atoms with E-state index >= 15 is 0 Å². The molecule has 126 valence electrons. The van der Waals surface area contributed by atoms with Gasteiger partial charge in [-0.2, -0.15) is 5.10 Å². The summed E-state index contributed by atoms with van der Waals surface area (Å²) in [5.41, 5.74) is 1.69. The molecule has 3 heterocycles. The van der Waals surface area contributed by atoms with Crippen LogP contribution in [-0.2, 0) is 9.59 Å². The fourth-order valence-electron chi connectivity index (χ4n) is 3.08. The Hall–Kier alpha value is -3.22. The number of anilines is 2. The van der Waals surface area contributed by atoms with Crippen molar-refractivity contribution in [1.82, 2.24) is 15.2 Å². The molecule has 0 bridgehead atoms. The van der Waals surface area contributed by atoms with E-state index in [1.807, 2.05) is 43.3 Å². The van der Waals surface area contributed by atoms with Crippen LogP contribution in [0.4, 0.5) is 11.6 Å². The van der Waals surface area contributed by atoms with Gasteiger partial charge in [0.2, 0.25) is 11.8 Å². The van der Waals surface area contributed by atoms with E-state index in [9.17, 15) is 9.59 Å². The molecule has 25 heavy (non-hydrogen) atoms. The molecule has 3 aromatic rings. The number of hydrogen-bond donors (Lipinski definition) is 2. The molecule has 0 unspecified atom stereocenters. The zero-order chi connectivity index (χ0) is 17.4. The van der Waals surface area contributed by atoms with Gasteiger partial charge in [-0.1, -0.05) is 18.2 Å². The molecule has 1 atom stereocenters. The van der Waals surface area contributed by atoms with Crippen LogP contribution in [0.5, 0.6) is 0 Å². The van der Waals surface area contributed by atoms with Crippen molar-refractivity contribution in [3.05, 3.63) is 48.2 Å². The number of pyridine rings is 1. The summed E-state index contributed by atoms with van der Waals surface area (Å²) in [5.74, 6) is 0.347. The fourth-order valence-corrected chi connectivity index (χ4v) is 3.08. The van der Waals surface area contributed by atoms with Crippen LogP contribution in [0.15, 0.2) is 42.5 Å². The molecule has 1 saturated heterocycles. The second kappa shape index (κ2) is 6.01. The van der Waals surface area contributed by atoms with Crippen molar-refractivity contribution in [2.75, 3.05) is 16.8 Å². The maximum Gasteiger partial charge on any atom is 0.230 e. The van der Waals surface area contributed by atoms with Gasteiger partial charge in [-0.15, -0.1) is 0 Å². The van der Waals surface area contributed by atoms with Crippen molar-refractivity contribution in [3.63, 3.8) is 0 Å². The van der Waals surface area contributed by atoms with Crippen molar-refractivity contribution in [2.24, 2.45) is 5.92 Å². The molecule has 2 N–H and O–H groups in total. The second-order valence-corrected chi connectivity index (χ2v) is 6.15. The highest BCUT2D eigenvalue weighted by atomic mass is 16.2. The average Bonchev–Trinajstić information content (AvgIpc) is 3.18. The van der Waals surface area contributed by atoms with Gasteiger partial charge in [0.05, 0.1) is 11.4 Å². The van der Waals surface area contributed by atoms with E-state index < -0.39 is 5.92 Å². The van der Waals surface area contributed by atoms with Crippen LogP contribution in [-0.4, -0.2) is 33.5 Å². The molecule has 1 fully saturated rings. The standard InChI is InChI=1S/C18H17N5O2/c1-11-5-4-8-15(19-11)20-18(25)12-9-16(24)23(10-12)17-13-6-2-3-7-14(13)21-22-17/h2-8,12H,9-10H2,1H3,(H,21,22)(H,19,20,25)/t12-/m0/s1. The van der Waals surface area contributed by atoms with E-state index in [1.165, 1.54) is 0 Å². The first-order valence-electron chi connectivity index (χ1n) is 8.10. The molecule has 2 aromatic heterocycles. The number of amides is 2. The van der Waals surface area contributed by atoms with Crippen molar-refractivity contribution >= 4 is 34.4 Å². The van der Waals surface area contributed by atoms with Crippen LogP contribution < -0.4 is 10.2 Å². The Kier molecular flexibility index (Phi) is 3.68. The molecule has 0 aliphatic carbocycles. The number of carbonyl (C=O) groups excluding carboxylic acids is 2. The van der Waals surface area contributed by atoms with Crippen molar-refractivity contribution in [3.8, 4) is 0 Å². The molecule has 7 nitrogen and oxygen atoms in total. The van der Waals surface area contributed by atoms with Gasteiger partial charge < -0.3 is 5.32 Å². The van der Waals surface area contributed by atoms with E-state index in [-0.39, 0.29) is 18.2 Å². The van der Waals surface area contributed by atoms with Crippen LogP contribution in [0.3, 0.4) is 0 Å². The Morgan fingerprint density at radius 1 is 1.24 bits per heavy atom. The predicted molar refractivity (Wildman–Crippen MR) is 94.2 cm³/mol. The van der Waals surface area contributed by atoms with E-state index in [0.717, 1.165) is 16.6 Å². The average molecular weight is 335 g/mol. The molecule has 7 heteroatoms. The van der Waals surface area contributed by atoms with E-state index in [0.29, 0.717) is 18.2 Å². The van der Waals surface area contributed by atoms with Gasteiger partial charge in [-0.25, -0.2) is 4.98 Å². The number of fused-ring (bicyclic) bond motifs is 1. The molecule has 2 amide bonds. The van der Waals surface area contributed by atoms with Crippen molar-refractivity contribution in [1.29, 1.82) is 0 Å². The minimum atomic E-state index is -0.426. The first-order chi connectivity index (χ1) is 12.1. The number of aromatic amines is 1. The zero-order valence-corrected chi connectivity index (χ0v) is 13.7. The van der Waals surface area contributed by atoms with Gasteiger partial charge in [0.1, 0.15) is 5.82 Å². The summed E-state index contributed by atoms with van der Waals surface area (Å²) in [7, 11) is 0. The Morgan fingerprint density at radius 2 is 2.08 bits per heavy atom. The lowest BCUT2D eigenvalue weighted by Crippen LogP contribution is -2.28. The lowest BCUT2D eigenvalue weighted by molar-refractivity contribution is -0.122. The molecule has 4 rings (SSSR count). The minimum Gasteiger partial charge on any atom is -0.310 e. The molecule has 1 aromatic carbocycles. The van der Waals surface area contributed by atoms with Gasteiger partial charge in [-0.3, -0.25) is 19.6 Å². The quantitative estimate of drug-likeness (QED) is 0.768. The molecular formula is C18H17N5O2. The summed E-state index contributed by atoms with van der Waals surface area (Å²) >= 11 is 0. The van der Waals surface area contributed by atoms with Gasteiger partial charge in [0.25, 0.3) is 0 Å². The molecule has 0 radical (unpaired) electrons. The maximum absolute atomic E-state index is 12.5. The Bertz CT molecular complexity index is 965. The van der Waals surface area contributed by atoms with Crippen LogP contribution in [0.1, 0.15) is 12.1 Å². The molecule has 1 aliphatic heterocycles. The number of nitrogens with one attached hydrogen (secondary N) is 2. The number of para-hydroxylation sites is 1. The first-order valence-corrected chi connectivity index (χ1v) is 8.10. The number of aromatic nitrogens is 3. The summed E-state index contributed by atoms with van der Waals surface area (Å²) in [6.45, 7) is 2.17. The third kappa shape index (κ3) is 2.84. The summed E-state index contributed by atoms with van der Waals surface area (Å²) < 4.78 is 0. The van der Waals surface area contributed by atoms with E-state index in [1.54, 1.807) is 11.0 Å². The van der Waals surface area contributed by atoms with Gasteiger partial charge in [-0.05, 0) is 31.2 Å². The van der Waals surface area contributed by atoms with Gasteiger partial charge in [0.15, 0.2) is 5.82 Å². The fraction of sp³-hybridized carbons (Fsp3) is 0.222. The molecule has 0 saturated carbocycles. The van der Waals surface area contributed by atoms with Crippen LogP contribution in [0.25, 0.3) is 10.9 Å². The Labute approximate surface area is 144 Å². The number of nitrogens with zero attached hydrogens (tertiary/aromatic N) is 3. The van der Waals surface area contributed by atoms with Gasteiger partial charge in [0, 0.05) is 24.0 Å². The number of H-pyrrole nitrogens is 1. The van der Waals surface area contributed by atoms with E-state index in [2.05, 4.69) is 20.5 Å². The van der Waals surface area contributed by atoms with Crippen molar-refractivity contribution in [2.45, 2.75) is 13.3 Å². The number of hydrogen-bond acceptors (Lipinski definition) is 4. The number of aryl methyl sites for hydroxylation is 1. The second-order valence-electron chi connectivity index (χ2n) is 6.15.